The molecule has 0 bridgehead atoms. The molecule has 0 saturated heterocycles. The first kappa shape index (κ1) is 20.6. The van der Waals surface area contributed by atoms with Crippen LogP contribution in [0.5, 0.6) is 0 Å². The van der Waals surface area contributed by atoms with Crippen LogP contribution in [0.4, 0.5) is 0 Å². The van der Waals surface area contributed by atoms with Crippen molar-refractivity contribution >= 4 is 27.5 Å². The van der Waals surface area contributed by atoms with Crippen molar-refractivity contribution in [1.82, 2.24) is 14.7 Å². The molecule has 27 heavy (non-hydrogen) atoms. The number of pyridine rings is 1. The van der Waals surface area contributed by atoms with Crippen LogP contribution in [0.3, 0.4) is 0 Å². The molecule has 0 fully saturated rings. The highest BCUT2D eigenvalue weighted by atomic mass is 32.2. The van der Waals surface area contributed by atoms with Crippen molar-refractivity contribution < 1.29 is 18.3 Å². The maximum atomic E-state index is 12.1. The van der Waals surface area contributed by atoms with Crippen LogP contribution in [0.2, 0.25) is 0 Å². The third kappa shape index (κ3) is 4.91. The normalized spacial score (nSPS) is 11.0. The summed E-state index contributed by atoms with van der Waals surface area (Å²) in [4.78, 5) is 16.2. The highest BCUT2D eigenvalue weighted by Crippen LogP contribution is 2.29. The smallest absolute Gasteiger partial charge is 0.290 e. The molecule has 0 spiro atoms. The van der Waals surface area contributed by atoms with Crippen molar-refractivity contribution in [2.24, 2.45) is 5.73 Å². The number of nitrogens with one attached hydrogen (secondary N) is 2. The second kappa shape index (κ2) is 9.26. The van der Waals surface area contributed by atoms with E-state index in [1.165, 1.54) is 0 Å². The molecule has 0 amide bonds. The molecule has 0 radical (unpaired) electrons. The van der Waals surface area contributed by atoms with Gasteiger partial charge in [0.2, 0.25) is 10.0 Å². The van der Waals surface area contributed by atoms with Gasteiger partial charge in [-0.05, 0) is 41.8 Å². The molecule has 0 unspecified atom stereocenters. The molecule has 9 heteroatoms. The van der Waals surface area contributed by atoms with E-state index in [2.05, 4.69) is 27.7 Å². The predicted molar refractivity (Wildman–Crippen MR) is 104 cm³/mol. The van der Waals surface area contributed by atoms with Gasteiger partial charge in [0.1, 0.15) is 5.65 Å². The topological polar surface area (TPSA) is 138 Å². The lowest BCUT2D eigenvalue weighted by Gasteiger charge is -2.07. The maximum absolute atomic E-state index is 12.1. The number of sulfonamides is 1. The van der Waals surface area contributed by atoms with Gasteiger partial charge in [-0.2, -0.15) is 0 Å². The van der Waals surface area contributed by atoms with Crippen molar-refractivity contribution in [3.63, 3.8) is 0 Å². The minimum absolute atomic E-state index is 0.220. The first-order valence-corrected chi connectivity index (χ1v) is 9.79. The fourth-order valence-electron chi connectivity index (χ4n) is 2.61. The molecule has 3 aromatic rings. The summed E-state index contributed by atoms with van der Waals surface area (Å²) in [6.07, 6.45) is 2.65. The lowest BCUT2D eigenvalue weighted by molar-refractivity contribution is -0.122. The fourth-order valence-corrected chi connectivity index (χ4v) is 3.66. The largest absolute Gasteiger partial charge is 0.483 e. The monoisotopic (exact) mass is 390 g/mol. The summed E-state index contributed by atoms with van der Waals surface area (Å²) in [6.45, 7) is 2.32. The van der Waals surface area contributed by atoms with Gasteiger partial charge in [-0.1, -0.05) is 19.1 Å². The van der Waals surface area contributed by atoms with Gasteiger partial charge in [-0.25, -0.2) is 18.1 Å². The number of carboxylic acid groups (broad SMARTS) is 1. The van der Waals surface area contributed by atoms with E-state index in [0.29, 0.717) is 0 Å². The van der Waals surface area contributed by atoms with E-state index in [1.54, 1.807) is 18.3 Å². The molecule has 0 atom stereocenters. The van der Waals surface area contributed by atoms with E-state index in [9.17, 15) is 8.42 Å². The van der Waals surface area contributed by atoms with Crippen molar-refractivity contribution in [2.45, 2.75) is 18.2 Å². The van der Waals surface area contributed by atoms with Gasteiger partial charge >= 0.3 is 0 Å². The number of hydrogen-bond donors (Lipinski definition) is 4. The molecule has 0 aliphatic rings. The van der Waals surface area contributed by atoms with Crippen molar-refractivity contribution in [3.05, 3.63) is 48.3 Å². The molecular formula is C18H22N4O4S. The lowest BCUT2D eigenvalue weighted by atomic mass is 10.0. The number of benzene rings is 1. The van der Waals surface area contributed by atoms with Gasteiger partial charge in [-0.15, -0.1) is 0 Å². The zero-order valence-electron chi connectivity index (χ0n) is 14.8. The van der Waals surface area contributed by atoms with Gasteiger partial charge in [-0.3, -0.25) is 4.79 Å². The summed E-state index contributed by atoms with van der Waals surface area (Å²) in [5, 5.41) is 7.92. The Balaban J connectivity index is 0.000000817. The van der Waals surface area contributed by atoms with Crippen LogP contribution in [0.25, 0.3) is 22.2 Å². The molecule has 0 saturated carbocycles. The minimum Gasteiger partial charge on any atom is -0.483 e. The van der Waals surface area contributed by atoms with E-state index in [1.807, 2.05) is 18.2 Å². The Morgan fingerprint density at radius 3 is 2.52 bits per heavy atom. The zero-order valence-corrected chi connectivity index (χ0v) is 15.7. The molecule has 2 heterocycles. The van der Waals surface area contributed by atoms with E-state index >= 15 is 0 Å². The number of nitrogens with two attached hydrogens (primary N) is 1. The van der Waals surface area contributed by atoms with Crippen LogP contribution < -0.4 is 10.5 Å². The van der Waals surface area contributed by atoms with E-state index in [-0.39, 0.29) is 24.5 Å². The molecule has 144 valence electrons. The van der Waals surface area contributed by atoms with Crippen LogP contribution in [-0.2, 0) is 21.2 Å². The summed E-state index contributed by atoms with van der Waals surface area (Å²) >= 11 is 0. The number of fused-ring (bicyclic) bond motifs is 1. The average Bonchev–Trinajstić information content (AvgIpc) is 3.10. The van der Waals surface area contributed by atoms with Crippen molar-refractivity contribution in [3.8, 4) is 11.1 Å². The minimum atomic E-state index is -3.51. The van der Waals surface area contributed by atoms with E-state index in [0.717, 1.165) is 34.3 Å². The number of carbonyl (C=O) groups is 1. The van der Waals surface area contributed by atoms with Crippen molar-refractivity contribution in [1.29, 1.82) is 0 Å². The standard InChI is InChI=1S/C17H20N4O2S.CH2O2/c1-2-13-11-16-15(7-9-19-17(16)21-13)12-3-5-14(6-4-12)24(22,23)20-10-8-18;2-1-3/h3-7,9,11,20H,2,8,10,18H2,1H3,(H,19,21);1H,(H,2,3). The molecule has 0 aliphatic carbocycles. The van der Waals surface area contributed by atoms with Crippen molar-refractivity contribution in [2.75, 3.05) is 13.1 Å². The fraction of sp³-hybridized carbons (Fsp3) is 0.222. The highest BCUT2D eigenvalue weighted by Gasteiger charge is 2.14. The third-order valence-electron chi connectivity index (χ3n) is 3.88. The Morgan fingerprint density at radius 1 is 1.26 bits per heavy atom. The first-order valence-electron chi connectivity index (χ1n) is 8.31. The van der Waals surface area contributed by atoms with Crippen LogP contribution in [-0.4, -0.2) is 43.1 Å². The highest BCUT2D eigenvalue weighted by molar-refractivity contribution is 7.89. The van der Waals surface area contributed by atoms with Gasteiger partial charge in [0.15, 0.2) is 0 Å². The Bertz CT molecular complexity index is 998. The molecule has 5 N–H and O–H groups in total. The number of hydrogen-bond acceptors (Lipinski definition) is 5. The zero-order chi connectivity index (χ0) is 19.9. The second-order valence-electron chi connectivity index (χ2n) is 5.59. The van der Waals surface area contributed by atoms with Gasteiger partial charge in [0.05, 0.1) is 4.90 Å². The number of aromatic amines is 1. The van der Waals surface area contributed by atoms with Crippen LogP contribution >= 0.6 is 0 Å². The number of nitrogens with zero attached hydrogens (tertiary/aromatic N) is 1. The number of H-pyrrole nitrogens is 1. The molecule has 0 aliphatic heterocycles. The van der Waals surface area contributed by atoms with E-state index in [4.69, 9.17) is 15.6 Å². The van der Waals surface area contributed by atoms with Crippen LogP contribution in [0, 0.1) is 0 Å². The number of rotatable bonds is 6. The van der Waals surface area contributed by atoms with Crippen LogP contribution in [0.1, 0.15) is 12.6 Å². The molecule has 3 rings (SSSR count). The Morgan fingerprint density at radius 2 is 1.93 bits per heavy atom. The average molecular weight is 390 g/mol. The van der Waals surface area contributed by atoms with E-state index < -0.39 is 10.0 Å². The Kier molecular flexibility index (Phi) is 7.05. The summed E-state index contributed by atoms with van der Waals surface area (Å²) in [7, 11) is -3.51. The van der Waals surface area contributed by atoms with Gasteiger partial charge in [0.25, 0.3) is 6.47 Å². The van der Waals surface area contributed by atoms with Gasteiger partial charge in [0, 0.05) is 30.4 Å². The summed E-state index contributed by atoms with van der Waals surface area (Å²) < 4.78 is 26.7. The summed E-state index contributed by atoms with van der Waals surface area (Å²) in [5.41, 5.74) is 9.27. The first-order chi connectivity index (χ1) is 13.0. The SMILES string of the molecule is CCc1cc2c(-c3ccc(S(=O)(=O)NCCN)cc3)ccnc2[nH]1.O=CO. The number of aryl methyl sites for hydroxylation is 1. The molecule has 8 nitrogen and oxygen atoms in total. The van der Waals surface area contributed by atoms with Gasteiger partial charge < -0.3 is 15.8 Å². The molecular weight excluding hydrogens is 368 g/mol. The maximum Gasteiger partial charge on any atom is 0.290 e. The quantitative estimate of drug-likeness (QED) is 0.473. The number of aromatic nitrogens is 2. The lowest BCUT2D eigenvalue weighted by Crippen LogP contribution is -2.29. The molecule has 1 aromatic carbocycles. The Labute approximate surface area is 157 Å². The van der Waals surface area contributed by atoms with Crippen LogP contribution in [0.15, 0.2) is 47.5 Å². The molecule has 2 aromatic heterocycles. The summed E-state index contributed by atoms with van der Waals surface area (Å²) in [6, 6.07) is 10.9. The predicted octanol–water partition coefficient (Wildman–Crippen LogP) is 1.73. The summed E-state index contributed by atoms with van der Waals surface area (Å²) in [5.74, 6) is 0. The third-order valence-corrected chi connectivity index (χ3v) is 5.36. The second-order valence-corrected chi connectivity index (χ2v) is 7.35. The Hall–Kier alpha value is -2.75.